The van der Waals surface area contributed by atoms with Crippen molar-refractivity contribution in [3.05, 3.63) is 63.6 Å². The number of rotatable bonds is 3. The quantitative estimate of drug-likeness (QED) is 0.871. The molecule has 0 bridgehead atoms. The Morgan fingerprint density at radius 1 is 1.17 bits per heavy atom. The minimum absolute atomic E-state index is 0.0929. The van der Waals surface area contributed by atoms with E-state index in [9.17, 15) is 4.79 Å². The predicted molar refractivity (Wildman–Crippen MR) is 94.6 cm³/mol. The fourth-order valence-electron chi connectivity index (χ4n) is 3.84. The van der Waals surface area contributed by atoms with Crippen molar-refractivity contribution in [1.82, 2.24) is 9.47 Å². The summed E-state index contributed by atoms with van der Waals surface area (Å²) in [6, 6.07) is 10.5. The molecule has 3 heterocycles. The van der Waals surface area contributed by atoms with E-state index in [1.54, 1.807) is 17.7 Å². The second-order valence-electron chi connectivity index (χ2n) is 7.00. The van der Waals surface area contributed by atoms with Crippen LogP contribution in [0.15, 0.2) is 41.3 Å². The molecule has 24 heavy (non-hydrogen) atoms. The summed E-state index contributed by atoms with van der Waals surface area (Å²) in [6.07, 6.45) is 5.17. The van der Waals surface area contributed by atoms with E-state index in [0.717, 1.165) is 51.3 Å². The van der Waals surface area contributed by atoms with Gasteiger partial charge in [0.2, 0.25) is 0 Å². The lowest BCUT2D eigenvalue weighted by Crippen LogP contribution is -2.32. The zero-order valence-corrected chi connectivity index (χ0v) is 14.2. The highest BCUT2D eigenvalue weighted by Gasteiger charge is 2.21. The van der Waals surface area contributed by atoms with Gasteiger partial charge in [0.05, 0.1) is 6.61 Å². The van der Waals surface area contributed by atoms with Crippen LogP contribution >= 0.6 is 0 Å². The molecule has 4 nitrogen and oxygen atoms in total. The lowest BCUT2D eigenvalue weighted by atomic mass is 9.90. The molecule has 0 N–H and O–H groups in total. The van der Waals surface area contributed by atoms with Crippen molar-refractivity contribution >= 4 is 0 Å². The molecular weight excluding hydrogens is 300 g/mol. The first-order chi connectivity index (χ1) is 11.7. The van der Waals surface area contributed by atoms with E-state index in [-0.39, 0.29) is 5.56 Å². The summed E-state index contributed by atoms with van der Waals surface area (Å²) in [4.78, 5) is 14.3. The summed E-state index contributed by atoms with van der Waals surface area (Å²) in [5.41, 5.74) is 4.02. The number of aromatic nitrogens is 1. The van der Waals surface area contributed by atoms with Crippen molar-refractivity contribution in [3.8, 4) is 5.75 Å². The molecule has 126 valence electrons. The van der Waals surface area contributed by atoms with Crippen LogP contribution < -0.4 is 10.3 Å². The molecule has 1 saturated heterocycles. The Morgan fingerprint density at radius 3 is 2.79 bits per heavy atom. The normalized spacial score (nSPS) is 18.4. The number of aryl methyl sites for hydroxylation is 1. The van der Waals surface area contributed by atoms with Crippen molar-refractivity contribution in [2.24, 2.45) is 7.05 Å². The number of piperidine rings is 1. The third kappa shape index (κ3) is 3.11. The number of benzene rings is 1. The molecule has 0 spiro atoms. The molecule has 0 aliphatic carbocycles. The van der Waals surface area contributed by atoms with Crippen molar-refractivity contribution in [2.45, 2.75) is 31.7 Å². The van der Waals surface area contributed by atoms with Gasteiger partial charge in [0, 0.05) is 32.3 Å². The fraction of sp³-hybridized carbons (Fsp3) is 0.450. The molecule has 0 unspecified atom stereocenters. The van der Waals surface area contributed by atoms with Crippen LogP contribution in [0.1, 0.15) is 35.4 Å². The molecule has 0 atom stereocenters. The molecule has 2 aromatic rings. The number of fused-ring (bicyclic) bond motifs is 1. The Morgan fingerprint density at radius 2 is 2.00 bits per heavy atom. The van der Waals surface area contributed by atoms with Gasteiger partial charge in [-0.2, -0.15) is 0 Å². The SMILES string of the molecule is Cn1ccc(C2CCN(Cc3ccc4c(c3)CCO4)CC2)cc1=O. The van der Waals surface area contributed by atoms with E-state index < -0.39 is 0 Å². The van der Waals surface area contributed by atoms with Crippen LogP contribution in [0.4, 0.5) is 0 Å². The van der Waals surface area contributed by atoms with Gasteiger partial charge in [-0.15, -0.1) is 0 Å². The van der Waals surface area contributed by atoms with Crippen LogP contribution in [-0.4, -0.2) is 29.2 Å². The third-order valence-corrected chi connectivity index (χ3v) is 5.35. The molecule has 0 saturated carbocycles. The zero-order chi connectivity index (χ0) is 16.5. The molecule has 0 amide bonds. The Kier molecular flexibility index (Phi) is 4.15. The van der Waals surface area contributed by atoms with Gasteiger partial charge in [0.1, 0.15) is 5.75 Å². The Bertz CT molecular complexity index is 788. The number of pyridine rings is 1. The maximum Gasteiger partial charge on any atom is 0.250 e. The van der Waals surface area contributed by atoms with Crippen LogP contribution in [0, 0.1) is 0 Å². The van der Waals surface area contributed by atoms with E-state index in [2.05, 4.69) is 29.2 Å². The minimum atomic E-state index is 0.0929. The summed E-state index contributed by atoms with van der Waals surface area (Å²) in [5.74, 6) is 1.58. The van der Waals surface area contributed by atoms with Gasteiger partial charge >= 0.3 is 0 Å². The third-order valence-electron chi connectivity index (χ3n) is 5.35. The standard InChI is InChI=1S/C20H24N2O2/c1-21-8-4-17(13-20(21)23)16-5-9-22(10-6-16)14-15-2-3-19-18(12-15)7-11-24-19/h2-4,8,12-13,16H,5-7,9-11,14H2,1H3. The van der Waals surface area contributed by atoms with Gasteiger partial charge in [0.15, 0.2) is 0 Å². The smallest absolute Gasteiger partial charge is 0.250 e. The van der Waals surface area contributed by atoms with E-state index >= 15 is 0 Å². The first-order valence-electron chi connectivity index (χ1n) is 8.82. The molecule has 4 rings (SSSR count). The van der Waals surface area contributed by atoms with Crippen LogP contribution in [0.3, 0.4) is 0 Å². The topological polar surface area (TPSA) is 34.5 Å². The average Bonchev–Trinajstić information content (AvgIpc) is 3.06. The lowest BCUT2D eigenvalue weighted by Gasteiger charge is -2.32. The van der Waals surface area contributed by atoms with Crippen LogP contribution in [-0.2, 0) is 20.0 Å². The largest absolute Gasteiger partial charge is 0.493 e. The van der Waals surface area contributed by atoms with E-state index in [0.29, 0.717) is 5.92 Å². The summed E-state index contributed by atoms with van der Waals surface area (Å²) in [6.45, 7) is 4.01. The van der Waals surface area contributed by atoms with Crippen LogP contribution in [0.25, 0.3) is 0 Å². The van der Waals surface area contributed by atoms with Gasteiger partial charge in [-0.05, 0) is 60.7 Å². The monoisotopic (exact) mass is 324 g/mol. The maximum absolute atomic E-state index is 11.8. The highest BCUT2D eigenvalue weighted by atomic mass is 16.5. The van der Waals surface area contributed by atoms with Crippen molar-refractivity contribution < 1.29 is 4.74 Å². The maximum atomic E-state index is 11.8. The second-order valence-corrected chi connectivity index (χ2v) is 7.00. The van der Waals surface area contributed by atoms with Crippen molar-refractivity contribution in [1.29, 1.82) is 0 Å². The number of ether oxygens (including phenoxy) is 1. The highest BCUT2D eigenvalue weighted by molar-refractivity contribution is 5.39. The fourth-order valence-corrected chi connectivity index (χ4v) is 3.84. The van der Waals surface area contributed by atoms with Gasteiger partial charge in [-0.3, -0.25) is 9.69 Å². The van der Waals surface area contributed by atoms with Crippen molar-refractivity contribution in [3.63, 3.8) is 0 Å². The van der Waals surface area contributed by atoms with E-state index in [1.807, 2.05) is 6.20 Å². The number of hydrogen-bond donors (Lipinski definition) is 0. The molecule has 1 fully saturated rings. The van der Waals surface area contributed by atoms with Gasteiger partial charge in [-0.25, -0.2) is 0 Å². The molecule has 2 aliphatic heterocycles. The lowest BCUT2D eigenvalue weighted by molar-refractivity contribution is 0.204. The minimum Gasteiger partial charge on any atom is -0.493 e. The zero-order valence-electron chi connectivity index (χ0n) is 14.2. The number of nitrogens with zero attached hydrogens (tertiary/aromatic N) is 2. The summed E-state index contributed by atoms with van der Waals surface area (Å²) in [5, 5.41) is 0. The summed E-state index contributed by atoms with van der Waals surface area (Å²) < 4.78 is 7.22. The molecule has 2 aliphatic rings. The first-order valence-corrected chi connectivity index (χ1v) is 8.82. The van der Waals surface area contributed by atoms with Gasteiger partial charge in [0.25, 0.3) is 5.56 Å². The van der Waals surface area contributed by atoms with Crippen LogP contribution in [0.2, 0.25) is 0 Å². The van der Waals surface area contributed by atoms with Gasteiger partial charge in [-0.1, -0.05) is 12.1 Å². The van der Waals surface area contributed by atoms with Gasteiger partial charge < -0.3 is 9.30 Å². The number of likely N-dealkylation sites (tertiary alicyclic amines) is 1. The number of hydrogen-bond acceptors (Lipinski definition) is 3. The Balaban J connectivity index is 1.37. The molecular formula is C20H24N2O2. The molecule has 0 radical (unpaired) electrons. The second kappa shape index (κ2) is 6.44. The molecule has 1 aromatic carbocycles. The summed E-state index contributed by atoms with van der Waals surface area (Å²) in [7, 11) is 1.80. The van der Waals surface area contributed by atoms with E-state index in [1.165, 1.54) is 16.7 Å². The van der Waals surface area contributed by atoms with E-state index in [4.69, 9.17) is 4.74 Å². The predicted octanol–water partition coefficient (Wildman–Crippen LogP) is 2.70. The first kappa shape index (κ1) is 15.5. The molecule has 4 heteroatoms. The van der Waals surface area contributed by atoms with Crippen molar-refractivity contribution in [2.75, 3.05) is 19.7 Å². The summed E-state index contributed by atoms with van der Waals surface area (Å²) >= 11 is 0. The Labute approximate surface area is 142 Å². The Hall–Kier alpha value is -2.07. The molecule has 1 aromatic heterocycles. The average molecular weight is 324 g/mol. The van der Waals surface area contributed by atoms with Crippen LogP contribution in [0.5, 0.6) is 5.75 Å². The highest BCUT2D eigenvalue weighted by Crippen LogP contribution is 2.29.